The summed E-state index contributed by atoms with van der Waals surface area (Å²) in [4.78, 5) is 32.0. The van der Waals surface area contributed by atoms with Gasteiger partial charge in [0.25, 0.3) is 0 Å². The van der Waals surface area contributed by atoms with E-state index >= 15 is 0 Å². The van der Waals surface area contributed by atoms with E-state index in [0.29, 0.717) is 37.9 Å². The fourth-order valence-corrected chi connectivity index (χ4v) is 5.60. The van der Waals surface area contributed by atoms with Gasteiger partial charge in [0.1, 0.15) is 24.5 Å². The average molecular weight is 619 g/mol. The number of carbonyl (C=O) groups is 2. The maximum atomic E-state index is 13.2. The number of fused-ring (bicyclic) bond motifs is 1. The lowest BCUT2D eigenvalue weighted by molar-refractivity contribution is -0.123. The number of rotatable bonds is 8. The molecule has 6 rings (SSSR count). The summed E-state index contributed by atoms with van der Waals surface area (Å²) in [5, 5.41) is 5.79. The summed E-state index contributed by atoms with van der Waals surface area (Å²) in [6, 6.07) is 29.6. The molecule has 1 saturated heterocycles. The molecule has 9 heteroatoms. The van der Waals surface area contributed by atoms with E-state index in [1.165, 1.54) is 4.90 Å². The van der Waals surface area contributed by atoms with Gasteiger partial charge in [-0.05, 0) is 56.0 Å². The van der Waals surface area contributed by atoms with Gasteiger partial charge in [-0.1, -0.05) is 72.8 Å². The molecule has 2 aromatic heterocycles. The molecule has 0 saturated carbocycles. The number of pyridine rings is 1. The monoisotopic (exact) mass is 618 g/mol. The molecule has 0 N–H and O–H groups in total. The third-order valence-electron chi connectivity index (χ3n) is 7.89. The number of nitrogens with zero attached hydrogens (tertiary/aromatic N) is 4. The highest BCUT2D eigenvalue weighted by Crippen LogP contribution is 2.37. The van der Waals surface area contributed by atoms with Crippen molar-refractivity contribution in [3.05, 3.63) is 108 Å². The van der Waals surface area contributed by atoms with Crippen LogP contribution in [0.4, 0.5) is 4.79 Å². The number of hydrogen-bond donors (Lipinski definition) is 0. The van der Waals surface area contributed by atoms with Gasteiger partial charge >= 0.3 is 6.09 Å². The first kappa shape index (κ1) is 30.8. The van der Waals surface area contributed by atoms with Crippen LogP contribution in [0, 0.1) is 0 Å². The number of Topliss-reactive ketones (excluding diaryl/α,β-unsaturated/α-hetero) is 1. The van der Waals surface area contributed by atoms with Crippen molar-refractivity contribution in [3.63, 3.8) is 0 Å². The Morgan fingerprint density at radius 2 is 1.57 bits per heavy atom. The van der Waals surface area contributed by atoms with Crippen molar-refractivity contribution in [1.82, 2.24) is 19.7 Å². The number of benzene rings is 3. The molecule has 1 amide bonds. The zero-order valence-electron chi connectivity index (χ0n) is 26.6. The van der Waals surface area contributed by atoms with Crippen LogP contribution < -0.4 is 9.47 Å². The fourth-order valence-electron chi connectivity index (χ4n) is 5.60. The number of amides is 1. The number of ketones is 1. The molecule has 1 aliphatic rings. The first-order chi connectivity index (χ1) is 22.1. The average Bonchev–Trinajstić information content (AvgIpc) is 3.38. The van der Waals surface area contributed by atoms with Gasteiger partial charge < -0.3 is 19.1 Å². The minimum atomic E-state index is -0.614. The Balaban J connectivity index is 1.27. The van der Waals surface area contributed by atoms with Crippen molar-refractivity contribution in [2.24, 2.45) is 7.05 Å². The Labute approximate surface area is 268 Å². The Morgan fingerprint density at radius 3 is 2.22 bits per heavy atom. The minimum absolute atomic E-state index is 0.00857. The number of piperidine rings is 1. The summed E-state index contributed by atoms with van der Waals surface area (Å²) in [6.07, 6.45) is 0.0709. The second-order valence-corrected chi connectivity index (χ2v) is 12.5. The van der Waals surface area contributed by atoms with Crippen LogP contribution in [-0.2, 0) is 29.8 Å². The van der Waals surface area contributed by atoms with Gasteiger partial charge in [0, 0.05) is 31.0 Å². The summed E-state index contributed by atoms with van der Waals surface area (Å²) in [5.41, 5.74) is 4.69. The minimum Gasteiger partial charge on any atom is -0.473 e. The Morgan fingerprint density at radius 1 is 0.891 bits per heavy atom. The molecule has 0 spiro atoms. The van der Waals surface area contributed by atoms with E-state index < -0.39 is 11.7 Å². The highest BCUT2D eigenvalue weighted by molar-refractivity contribution is 5.96. The lowest BCUT2D eigenvalue weighted by Gasteiger charge is -2.32. The maximum Gasteiger partial charge on any atom is 0.410 e. The number of aromatic nitrogens is 3. The number of aryl methyl sites for hydroxylation is 1. The van der Waals surface area contributed by atoms with E-state index in [4.69, 9.17) is 24.3 Å². The summed E-state index contributed by atoms with van der Waals surface area (Å²) in [7, 11) is 1.89. The van der Waals surface area contributed by atoms with Gasteiger partial charge in [-0.25, -0.2) is 4.79 Å². The Bertz CT molecular complexity index is 1850. The molecule has 1 unspecified atom stereocenters. The van der Waals surface area contributed by atoms with E-state index in [1.54, 1.807) is 0 Å². The van der Waals surface area contributed by atoms with E-state index in [-0.39, 0.29) is 18.2 Å². The fraction of sp³-hybridized carbons (Fsp3) is 0.297. The molecular weight excluding hydrogens is 580 g/mol. The zero-order valence-corrected chi connectivity index (χ0v) is 26.6. The lowest BCUT2D eigenvalue weighted by atomic mass is 9.88. The first-order valence-corrected chi connectivity index (χ1v) is 15.5. The molecule has 0 bridgehead atoms. The molecule has 3 aromatic carbocycles. The third kappa shape index (κ3) is 7.04. The Kier molecular flexibility index (Phi) is 8.74. The van der Waals surface area contributed by atoms with Crippen LogP contribution in [-0.4, -0.2) is 50.2 Å². The van der Waals surface area contributed by atoms with Crippen LogP contribution in [0.15, 0.2) is 91.0 Å². The van der Waals surface area contributed by atoms with Crippen molar-refractivity contribution in [1.29, 1.82) is 0 Å². The Hall–Kier alpha value is -5.18. The quantitative estimate of drug-likeness (QED) is 0.183. The highest BCUT2D eigenvalue weighted by atomic mass is 16.6. The van der Waals surface area contributed by atoms with Crippen molar-refractivity contribution in [2.75, 3.05) is 13.1 Å². The molecule has 0 aliphatic carbocycles. The van der Waals surface area contributed by atoms with Crippen molar-refractivity contribution >= 4 is 22.8 Å². The van der Waals surface area contributed by atoms with E-state index in [0.717, 1.165) is 38.9 Å². The van der Waals surface area contributed by atoms with Crippen LogP contribution in [0.25, 0.3) is 22.2 Å². The first-order valence-electron chi connectivity index (χ1n) is 15.5. The summed E-state index contributed by atoms with van der Waals surface area (Å²) < 4.78 is 19.6. The lowest BCUT2D eigenvalue weighted by Crippen LogP contribution is -2.45. The molecule has 1 atom stereocenters. The SMILES string of the molecule is Cn1nc(-c2ccc(OCc3ccccc3)nc2OCc2ccccc2)c2ccc(C3CCN(C(=O)OC(C)(C)C)CC3=O)cc21. The standard InChI is InChI=1S/C37H38N4O5/c1-37(2,3)46-36(43)41-20-19-28(32(42)22-41)27-15-16-29-31(21-27)40(4)39-34(29)30-17-18-33(44-23-25-11-7-5-8-12-25)38-35(30)45-24-26-13-9-6-10-14-26/h5-18,21,28H,19-20,22-24H2,1-4H3. The third-order valence-corrected chi connectivity index (χ3v) is 7.89. The van der Waals surface area contributed by atoms with Crippen LogP contribution >= 0.6 is 0 Å². The van der Waals surface area contributed by atoms with Crippen LogP contribution in [0.2, 0.25) is 0 Å². The van der Waals surface area contributed by atoms with Gasteiger partial charge in [-0.2, -0.15) is 10.1 Å². The number of carbonyl (C=O) groups excluding carboxylic acids is 2. The molecule has 236 valence electrons. The van der Waals surface area contributed by atoms with E-state index in [1.807, 2.05) is 123 Å². The van der Waals surface area contributed by atoms with E-state index in [9.17, 15) is 9.59 Å². The highest BCUT2D eigenvalue weighted by Gasteiger charge is 2.33. The smallest absolute Gasteiger partial charge is 0.410 e. The predicted molar refractivity (Wildman–Crippen MR) is 176 cm³/mol. The van der Waals surface area contributed by atoms with Crippen molar-refractivity contribution in [3.8, 4) is 23.0 Å². The molecule has 0 radical (unpaired) electrons. The van der Waals surface area contributed by atoms with Gasteiger partial charge in [0.05, 0.1) is 17.6 Å². The molecule has 46 heavy (non-hydrogen) atoms. The largest absolute Gasteiger partial charge is 0.473 e. The number of likely N-dealkylation sites (tertiary alicyclic amines) is 1. The maximum absolute atomic E-state index is 13.2. The van der Waals surface area contributed by atoms with Crippen LogP contribution in [0.1, 0.15) is 49.8 Å². The summed E-state index contributed by atoms with van der Waals surface area (Å²) in [6.45, 7) is 6.66. The molecule has 1 fully saturated rings. The van der Waals surface area contributed by atoms with Crippen molar-refractivity contribution < 1.29 is 23.8 Å². The number of hydrogen-bond acceptors (Lipinski definition) is 7. The molecular formula is C37H38N4O5. The molecule has 3 heterocycles. The molecule has 5 aromatic rings. The van der Waals surface area contributed by atoms with Gasteiger partial charge in [-0.15, -0.1) is 0 Å². The van der Waals surface area contributed by atoms with Gasteiger partial charge in [-0.3, -0.25) is 9.48 Å². The molecule has 9 nitrogen and oxygen atoms in total. The van der Waals surface area contributed by atoms with Crippen LogP contribution in [0.5, 0.6) is 11.8 Å². The summed E-state index contributed by atoms with van der Waals surface area (Å²) >= 11 is 0. The topological polar surface area (TPSA) is 95.8 Å². The van der Waals surface area contributed by atoms with Crippen LogP contribution in [0.3, 0.4) is 0 Å². The second kappa shape index (κ2) is 13.0. The summed E-state index contributed by atoms with van der Waals surface area (Å²) in [5.74, 6) is 0.553. The van der Waals surface area contributed by atoms with Gasteiger partial charge in [0.15, 0.2) is 5.78 Å². The van der Waals surface area contributed by atoms with Gasteiger partial charge in [0.2, 0.25) is 11.8 Å². The van der Waals surface area contributed by atoms with E-state index in [2.05, 4.69) is 0 Å². The predicted octanol–water partition coefficient (Wildman–Crippen LogP) is 7.09. The molecule has 1 aliphatic heterocycles. The number of ether oxygens (including phenoxy) is 3. The van der Waals surface area contributed by atoms with Crippen molar-refractivity contribution in [2.45, 2.75) is 51.9 Å². The second-order valence-electron chi connectivity index (χ2n) is 12.5. The normalized spacial score (nSPS) is 15.2. The zero-order chi connectivity index (χ0) is 32.3.